The summed E-state index contributed by atoms with van der Waals surface area (Å²) in [4.78, 5) is 0. The molecule has 1 rings (SSSR count). The molecule has 0 saturated carbocycles. The summed E-state index contributed by atoms with van der Waals surface area (Å²) in [6, 6.07) is 0. The molecule has 0 aromatic carbocycles. The van der Waals surface area contributed by atoms with Crippen LogP contribution in [0.1, 0.15) is 16.4 Å². The van der Waals surface area contributed by atoms with E-state index in [9.17, 15) is 0 Å². The molecule has 0 aliphatic rings. The highest BCUT2D eigenvalue weighted by Crippen LogP contribution is 2.19. The molecular formula is C5H7IN2. The van der Waals surface area contributed by atoms with Gasteiger partial charge < -0.3 is 0 Å². The van der Waals surface area contributed by atoms with Gasteiger partial charge in [0.1, 0.15) is 0 Å². The zero-order valence-electron chi connectivity index (χ0n) is 4.56. The van der Waals surface area contributed by atoms with Crippen molar-refractivity contribution in [2.75, 3.05) is 0 Å². The van der Waals surface area contributed by atoms with Gasteiger partial charge in [-0.15, -0.1) is 0 Å². The van der Waals surface area contributed by atoms with Gasteiger partial charge in [0.15, 0.2) is 0 Å². The van der Waals surface area contributed by atoms with Gasteiger partial charge in [-0.3, -0.25) is 5.10 Å². The number of aromatic nitrogens is 2. The molecule has 1 N–H and O–H groups in total. The maximum absolute atomic E-state index is 3.81. The molecule has 0 bridgehead atoms. The number of hydrogen-bond acceptors (Lipinski definition) is 1. The first-order valence-corrected chi connectivity index (χ1v) is 3.68. The Morgan fingerprint density at radius 2 is 2.62 bits per heavy atom. The van der Waals surface area contributed by atoms with Crippen LogP contribution >= 0.6 is 22.6 Å². The lowest BCUT2D eigenvalue weighted by Crippen LogP contribution is -1.74. The molecule has 1 aromatic heterocycles. The SMILES string of the molecule is CC(I)c1cn[nH]c1. The van der Waals surface area contributed by atoms with Crippen molar-refractivity contribution < 1.29 is 0 Å². The van der Waals surface area contributed by atoms with Crippen molar-refractivity contribution in [1.82, 2.24) is 10.2 Å². The molecule has 44 valence electrons. The van der Waals surface area contributed by atoms with Gasteiger partial charge in [0.25, 0.3) is 0 Å². The highest BCUT2D eigenvalue weighted by Gasteiger charge is 1.97. The van der Waals surface area contributed by atoms with Crippen LogP contribution in [0.2, 0.25) is 0 Å². The van der Waals surface area contributed by atoms with Gasteiger partial charge >= 0.3 is 0 Å². The highest BCUT2D eigenvalue weighted by atomic mass is 127. The van der Waals surface area contributed by atoms with Crippen LogP contribution < -0.4 is 0 Å². The Hall–Kier alpha value is -0.0600. The van der Waals surface area contributed by atoms with E-state index < -0.39 is 0 Å². The van der Waals surface area contributed by atoms with Gasteiger partial charge in [-0.25, -0.2) is 0 Å². The second kappa shape index (κ2) is 2.48. The fourth-order valence-corrected chi connectivity index (χ4v) is 0.819. The molecule has 0 aliphatic heterocycles. The van der Waals surface area contributed by atoms with Gasteiger partial charge in [0.2, 0.25) is 0 Å². The van der Waals surface area contributed by atoms with Crippen molar-refractivity contribution in [3.05, 3.63) is 18.0 Å². The quantitative estimate of drug-likeness (QED) is 0.570. The fraction of sp³-hybridized carbons (Fsp3) is 0.400. The van der Waals surface area contributed by atoms with Crippen LogP contribution in [0, 0.1) is 0 Å². The van der Waals surface area contributed by atoms with E-state index in [1.54, 1.807) is 0 Å². The predicted molar refractivity (Wildman–Crippen MR) is 41.0 cm³/mol. The summed E-state index contributed by atoms with van der Waals surface area (Å²) in [6.07, 6.45) is 3.76. The third-order valence-corrected chi connectivity index (χ3v) is 1.70. The molecule has 1 aromatic rings. The summed E-state index contributed by atoms with van der Waals surface area (Å²) in [5, 5.41) is 6.57. The van der Waals surface area contributed by atoms with Crippen molar-refractivity contribution in [3.8, 4) is 0 Å². The number of H-pyrrole nitrogens is 1. The topological polar surface area (TPSA) is 28.7 Å². The number of nitrogens with zero attached hydrogens (tertiary/aromatic N) is 1. The number of rotatable bonds is 1. The molecule has 2 nitrogen and oxygen atoms in total. The predicted octanol–water partition coefficient (Wildman–Crippen LogP) is 1.91. The molecule has 1 unspecified atom stereocenters. The smallest absolute Gasteiger partial charge is 0.0529 e. The third-order valence-electron chi connectivity index (χ3n) is 0.979. The number of hydrogen-bond donors (Lipinski definition) is 1. The van der Waals surface area contributed by atoms with Crippen molar-refractivity contribution in [3.63, 3.8) is 0 Å². The largest absolute Gasteiger partial charge is 0.285 e. The zero-order chi connectivity index (χ0) is 5.98. The molecule has 0 fully saturated rings. The lowest BCUT2D eigenvalue weighted by Gasteiger charge is -1.92. The summed E-state index contributed by atoms with van der Waals surface area (Å²) in [6.45, 7) is 2.13. The Labute approximate surface area is 61.8 Å². The van der Waals surface area contributed by atoms with Gasteiger partial charge in [0, 0.05) is 15.7 Å². The van der Waals surface area contributed by atoms with E-state index >= 15 is 0 Å². The van der Waals surface area contributed by atoms with Crippen LogP contribution in [-0.4, -0.2) is 10.2 Å². The van der Waals surface area contributed by atoms with Crippen LogP contribution in [0.4, 0.5) is 0 Å². The zero-order valence-corrected chi connectivity index (χ0v) is 6.71. The van der Waals surface area contributed by atoms with Crippen molar-refractivity contribution in [2.45, 2.75) is 10.8 Å². The lowest BCUT2D eigenvalue weighted by atomic mass is 10.3. The van der Waals surface area contributed by atoms with Gasteiger partial charge in [-0.1, -0.05) is 22.6 Å². The minimum Gasteiger partial charge on any atom is -0.285 e. The molecule has 1 atom stereocenters. The van der Waals surface area contributed by atoms with Gasteiger partial charge in [-0.05, 0) is 6.92 Å². The molecule has 8 heavy (non-hydrogen) atoms. The minimum atomic E-state index is 0.561. The monoisotopic (exact) mass is 222 g/mol. The van der Waals surface area contributed by atoms with Crippen LogP contribution in [0.5, 0.6) is 0 Å². The van der Waals surface area contributed by atoms with Crippen molar-refractivity contribution in [1.29, 1.82) is 0 Å². The Balaban J connectivity index is 2.77. The third kappa shape index (κ3) is 1.21. The Kier molecular flexibility index (Phi) is 1.88. The first-order chi connectivity index (χ1) is 3.80. The molecule has 0 amide bonds. The number of nitrogens with one attached hydrogen (secondary N) is 1. The maximum Gasteiger partial charge on any atom is 0.0529 e. The Morgan fingerprint density at radius 3 is 2.88 bits per heavy atom. The Morgan fingerprint density at radius 1 is 1.88 bits per heavy atom. The number of alkyl halides is 1. The average Bonchev–Trinajstić information content (AvgIpc) is 2.12. The summed E-state index contributed by atoms with van der Waals surface area (Å²) >= 11 is 2.34. The van der Waals surface area contributed by atoms with E-state index in [4.69, 9.17) is 0 Å². The first-order valence-electron chi connectivity index (χ1n) is 2.43. The van der Waals surface area contributed by atoms with E-state index in [1.165, 1.54) is 5.56 Å². The first kappa shape index (κ1) is 6.07. The van der Waals surface area contributed by atoms with E-state index in [-0.39, 0.29) is 0 Å². The molecule has 3 heteroatoms. The van der Waals surface area contributed by atoms with Crippen LogP contribution in [-0.2, 0) is 0 Å². The molecule has 0 saturated heterocycles. The number of halogens is 1. The van der Waals surface area contributed by atoms with E-state index in [0.29, 0.717) is 3.92 Å². The van der Waals surface area contributed by atoms with Crippen LogP contribution in [0.25, 0.3) is 0 Å². The van der Waals surface area contributed by atoms with Crippen molar-refractivity contribution in [2.24, 2.45) is 0 Å². The summed E-state index contributed by atoms with van der Waals surface area (Å²) < 4.78 is 0.561. The van der Waals surface area contributed by atoms with Gasteiger partial charge in [-0.2, -0.15) is 5.10 Å². The summed E-state index contributed by atoms with van der Waals surface area (Å²) in [7, 11) is 0. The summed E-state index contributed by atoms with van der Waals surface area (Å²) in [5.74, 6) is 0. The number of aromatic amines is 1. The molecular weight excluding hydrogens is 215 g/mol. The normalized spacial score (nSPS) is 13.8. The standard InChI is InChI=1S/C5H7IN2/c1-4(6)5-2-7-8-3-5/h2-4H,1H3,(H,7,8). The van der Waals surface area contributed by atoms with Crippen LogP contribution in [0.15, 0.2) is 12.4 Å². The van der Waals surface area contributed by atoms with Crippen molar-refractivity contribution >= 4 is 22.6 Å². The van der Waals surface area contributed by atoms with Crippen LogP contribution in [0.3, 0.4) is 0 Å². The molecule has 0 radical (unpaired) electrons. The fourth-order valence-electron chi connectivity index (χ4n) is 0.478. The minimum absolute atomic E-state index is 0.561. The van der Waals surface area contributed by atoms with E-state index in [0.717, 1.165) is 0 Å². The second-order valence-electron chi connectivity index (χ2n) is 1.65. The lowest BCUT2D eigenvalue weighted by molar-refractivity contribution is 1.09. The average molecular weight is 222 g/mol. The van der Waals surface area contributed by atoms with E-state index in [1.807, 2.05) is 12.4 Å². The maximum atomic E-state index is 3.81. The molecule has 1 heterocycles. The highest BCUT2D eigenvalue weighted by molar-refractivity contribution is 14.1. The summed E-state index contributed by atoms with van der Waals surface area (Å²) in [5.41, 5.74) is 1.26. The molecule has 0 aliphatic carbocycles. The molecule has 0 spiro atoms. The Bertz CT molecular complexity index is 145. The second-order valence-corrected chi connectivity index (χ2v) is 3.52. The van der Waals surface area contributed by atoms with E-state index in [2.05, 4.69) is 39.7 Å². The van der Waals surface area contributed by atoms with Gasteiger partial charge in [0.05, 0.1) is 6.20 Å².